The van der Waals surface area contributed by atoms with Crippen LogP contribution in [0.3, 0.4) is 0 Å². The van der Waals surface area contributed by atoms with Gasteiger partial charge >= 0.3 is 0 Å². The maximum absolute atomic E-state index is 4.28. The van der Waals surface area contributed by atoms with E-state index in [1.54, 1.807) is 0 Å². The summed E-state index contributed by atoms with van der Waals surface area (Å²) in [7, 11) is 2.08. The highest BCUT2D eigenvalue weighted by Gasteiger charge is 2.28. The molecule has 1 aliphatic carbocycles. The standard InChI is InChI=1S/C16H27N3/c1-5-13-6-8-14(9-7-13)16(17-4)15-10-11(2)18-19-12(15)3/h10,13-14,16-17H,5-9H2,1-4H3. The normalized spacial score (nSPS) is 25.3. The Balaban J connectivity index is 2.14. The highest BCUT2D eigenvalue weighted by Crippen LogP contribution is 2.38. The van der Waals surface area contributed by atoms with Crippen molar-refractivity contribution < 1.29 is 0 Å². The Morgan fingerprint density at radius 2 is 1.89 bits per heavy atom. The van der Waals surface area contributed by atoms with Crippen LogP contribution in [0, 0.1) is 25.7 Å². The van der Waals surface area contributed by atoms with E-state index in [2.05, 4.69) is 42.5 Å². The number of nitrogens with zero attached hydrogens (tertiary/aromatic N) is 2. The Hall–Kier alpha value is -0.960. The minimum absolute atomic E-state index is 0.437. The fourth-order valence-electron chi connectivity index (χ4n) is 3.46. The molecule has 3 nitrogen and oxygen atoms in total. The summed E-state index contributed by atoms with van der Waals surface area (Å²) in [6.45, 7) is 6.42. The summed E-state index contributed by atoms with van der Waals surface area (Å²) in [4.78, 5) is 0. The molecule has 0 spiro atoms. The van der Waals surface area contributed by atoms with Gasteiger partial charge in [0.1, 0.15) is 0 Å². The van der Waals surface area contributed by atoms with Gasteiger partial charge in [0.25, 0.3) is 0 Å². The first kappa shape index (κ1) is 14.4. The van der Waals surface area contributed by atoms with Crippen molar-refractivity contribution >= 4 is 0 Å². The highest BCUT2D eigenvalue weighted by molar-refractivity contribution is 5.24. The number of hydrogen-bond acceptors (Lipinski definition) is 3. The van der Waals surface area contributed by atoms with E-state index in [0.29, 0.717) is 6.04 Å². The summed E-state index contributed by atoms with van der Waals surface area (Å²) >= 11 is 0. The minimum Gasteiger partial charge on any atom is -0.313 e. The Morgan fingerprint density at radius 1 is 1.21 bits per heavy atom. The summed E-state index contributed by atoms with van der Waals surface area (Å²) in [5.74, 6) is 1.70. The SMILES string of the molecule is CCC1CCC(C(NC)c2cc(C)nnc2C)CC1. The molecule has 19 heavy (non-hydrogen) atoms. The molecule has 0 bridgehead atoms. The minimum atomic E-state index is 0.437. The summed E-state index contributed by atoms with van der Waals surface area (Å²) in [6, 6.07) is 2.64. The van der Waals surface area contributed by atoms with Gasteiger partial charge < -0.3 is 5.32 Å². The van der Waals surface area contributed by atoms with E-state index in [1.165, 1.54) is 37.7 Å². The molecule has 1 N–H and O–H groups in total. The molecule has 1 heterocycles. The number of rotatable bonds is 4. The van der Waals surface area contributed by atoms with E-state index >= 15 is 0 Å². The topological polar surface area (TPSA) is 37.8 Å². The second kappa shape index (κ2) is 6.47. The Labute approximate surface area is 117 Å². The van der Waals surface area contributed by atoms with Crippen molar-refractivity contribution in [1.29, 1.82) is 0 Å². The van der Waals surface area contributed by atoms with Gasteiger partial charge in [-0.15, -0.1) is 0 Å². The average Bonchev–Trinajstić information content (AvgIpc) is 2.44. The molecular formula is C16H27N3. The van der Waals surface area contributed by atoms with Crippen molar-refractivity contribution in [3.63, 3.8) is 0 Å². The molecule has 3 heteroatoms. The Morgan fingerprint density at radius 3 is 2.47 bits per heavy atom. The van der Waals surface area contributed by atoms with E-state index in [9.17, 15) is 0 Å². The zero-order chi connectivity index (χ0) is 13.8. The van der Waals surface area contributed by atoms with Crippen LogP contribution >= 0.6 is 0 Å². The maximum atomic E-state index is 4.28. The van der Waals surface area contributed by atoms with E-state index in [1.807, 2.05) is 6.92 Å². The molecule has 106 valence electrons. The smallest absolute Gasteiger partial charge is 0.0648 e. The lowest BCUT2D eigenvalue weighted by Gasteiger charge is -2.34. The molecule has 1 unspecified atom stereocenters. The zero-order valence-corrected chi connectivity index (χ0v) is 12.7. The van der Waals surface area contributed by atoms with Crippen LogP contribution < -0.4 is 5.32 Å². The lowest BCUT2D eigenvalue weighted by atomic mass is 9.76. The third kappa shape index (κ3) is 3.33. The second-order valence-corrected chi connectivity index (χ2v) is 5.98. The lowest BCUT2D eigenvalue weighted by molar-refractivity contribution is 0.223. The molecule has 2 rings (SSSR count). The fraction of sp³-hybridized carbons (Fsp3) is 0.750. The van der Waals surface area contributed by atoms with Crippen LogP contribution in [-0.2, 0) is 0 Å². The summed E-state index contributed by atoms with van der Waals surface area (Å²) in [5.41, 5.74) is 3.43. The zero-order valence-electron chi connectivity index (χ0n) is 12.7. The summed E-state index contributed by atoms with van der Waals surface area (Å²) < 4.78 is 0. The van der Waals surface area contributed by atoms with Crippen molar-refractivity contribution in [2.45, 2.75) is 58.9 Å². The molecule has 0 saturated heterocycles. The number of nitrogens with one attached hydrogen (secondary N) is 1. The van der Waals surface area contributed by atoms with Gasteiger partial charge in [0.05, 0.1) is 11.4 Å². The molecule has 0 amide bonds. The third-order valence-electron chi connectivity index (χ3n) is 4.73. The van der Waals surface area contributed by atoms with Gasteiger partial charge in [0.2, 0.25) is 0 Å². The van der Waals surface area contributed by atoms with Crippen molar-refractivity contribution in [2.24, 2.45) is 11.8 Å². The van der Waals surface area contributed by atoms with Gasteiger partial charge in [-0.2, -0.15) is 10.2 Å². The molecule has 1 aliphatic rings. The summed E-state index contributed by atoms with van der Waals surface area (Å²) in [6.07, 6.45) is 6.79. The van der Waals surface area contributed by atoms with Gasteiger partial charge in [-0.05, 0) is 57.2 Å². The summed E-state index contributed by atoms with van der Waals surface area (Å²) in [5, 5.41) is 12.0. The van der Waals surface area contributed by atoms with Crippen LogP contribution in [0.2, 0.25) is 0 Å². The van der Waals surface area contributed by atoms with Crippen LogP contribution in [0.4, 0.5) is 0 Å². The van der Waals surface area contributed by atoms with Gasteiger partial charge in [0.15, 0.2) is 0 Å². The first-order chi connectivity index (χ1) is 9.15. The maximum Gasteiger partial charge on any atom is 0.0648 e. The van der Waals surface area contributed by atoms with Gasteiger partial charge in [0, 0.05) is 6.04 Å². The quantitative estimate of drug-likeness (QED) is 0.900. The van der Waals surface area contributed by atoms with Crippen LogP contribution in [0.1, 0.15) is 62.0 Å². The number of hydrogen-bond donors (Lipinski definition) is 1. The predicted molar refractivity (Wildman–Crippen MR) is 79.0 cm³/mol. The Kier molecular flexibility index (Phi) is 4.92. The number of aromatic nitrogens is 2. The third-order valence-corrected chi connectivity index (χ3v) is 4.73. The highest BCUT2D eigenvalue weighted by atomic mass is 15.1. The molecule has 0 aliphatic heterocycles. The first-order valence-corrected chi connectivity index (χ1v) is 7.63. The molecule has 1 fully saturated rings. The molecule has 1 atom stereocenters. The van der Waals surface area contributed by atoms with E-state index in [0.717, 1.165) is 23.2 Å². The molecule has 1 saturated carbocycles. The van der Waals surface area contributed by atoms with E-state index < -0.39 is 0 Å². The predicted octanol–water partition coefficient (Wildman–Crippen LogP) is 3.57. The van der Waals surface area contributed by atoms with Crippen molar-refractivity contribution in [3.05, 3.63) is 23.0 Å². The molecule has 1 aromatic heterocycles. The van der Waals surface area contributed by atoms with E-state index in [4.69, 9.17) is 0 Å². The lowest BCUT2D eigenvalue weighted by Crippen LogP contribution is -2.29. The van der Waals surface area contributed by atoms with Gasteiger partial charge in [-0.3, -0.25) is 0 Å². The molecular weight excluding hydrogens is 234 g/mol. The van der Waals surface area contributed by atoms with Gasteiger partial charge in [-0.1, -0.05) is 26.2 Å². The van der Waals surface area contributed by atoms with Crippen LogP contribution in [0.5, 0.6) is 0 Å². The molecule has 0 radical (unpaired) electrons. The average molecular weight is 261 g/mol. The first-order valence-electron chi connectivity index (χ1n) is 7.63. The Bertz CT molecular complexity index is 408. The van der Waals surface area contributed by atoms with Crippen LogP contribution in [-0.4, -0.2) is 17.2 Å². The van der Waals surface area contributed by atoms with Crippen molar-refractivity contribution in [1.82, 2.24) is 15.5 Å². The van der Waals surface area contributed by atoms with Crippen LogP contribution in [0.25, 0.3) is 0 Å². The molecule has 1 aromatic rings. The van der Waals surface area contributed by atoms with Crippen molar-refractivity contribution in [2.75, 3.05) is 7.05 Å². The largest absolute Gasteiger partial charge is 0.313 e. The van der Waals surface area contributed by atoms with Crippen molar-refractivity contribution in [3.8, 4) is 0 Å². The monoisotopic (exact) mass is 261 g/mol. The van der Waals surface area contributed by atoms with E-state index in [-0.39, 0.29) is 0 Å². The van der Waals surface area contributed by atoms with Gasteiger partial charge in [-0.25, -0.2) is 0 Å². The fourth-order valence-corrected chi connectivity index (χ4v) is 3.46. The second-order valence-electron chi connectivity index (χ2n) is 5.98. The van der Waals surface area contributed by atoms with Crippen LogP contribution in [0.15, 0.2) is 6.07 Å². The number of aryl methyl sites for hydroxylation is 2. The molecule has 0 aromatic carbocycles.